The molecule has 0 aromatic heterocycles. The van der Waals surface area contributed by atoms with Crippen LogP contribution in [0.1, 0.15) is 0 Å². The van der Waals surface area contributed by atoms with Crippen molar-refractivity contribution in [3.8, 4) is 0 Å². The van der Waals surface area contributed by atoms with Crippen molar-refractivity contribution in [3.63, 3.8) is 0 Å². The van der Waals surface area contributed by atoms with E-state index in [2.05, 4.69) is 0 Å². The van der Waals surface area contributed by atoms with Gasteiger partial charge in [0.05, 0.1) is 0 Å². The van der Waals surface area contributed by atoms with Crippen molar-refractivity contribution in [1.82, 2.24) is 0 Å². The molecule has 0 saturated heterocycles. The van der Waals surface area contributed by atoms with Crippen LogP contribution in [0, 0.1) is 0 Å². The van der Waals surface area contributed by atoms with Gasteiger partial charge in [0.25, 0.3) is 0 Å². The fourth-order valence-electron chi connectivity index (χ4n) is 0.696. The van der Waals surface area contributed by atoms with Crippen LogP contribution in [0.2, 0.25) is 0 Å². The molecule has 0 unspecified atom stereocenters. The van der Waals surface area contributed by atoms with Crippen LogP contribution in [0.15, 0.2) is 0 Å². The normalized spacial score (nSPS) is 16.3. The second-order valence-corrected chi connectivity index (χ2v) is 7.15. The van der Waals surface area contributed by atoms with Crippen molar-refractivity contribution in [2.75, 3.05) is 0 Å². The Balaban J connectivity index is 6.17. The predicted molar refractivity (Wildman–Crippen MR) is 48.1 cm³/mol. The van der Waals surface area contributed by atoms with Gasteiger partial charge in [0.1, 0.15) is 0 Å². The number of hydrogen-bond donors (Lipinski definition) is 0. The van der Waals surface area contributed by atoms with E-state index in [1.807, 2.05) is 0 Å². The molecule has 24 heavy (non-hydrogen) atoms. The fraction of sp³-hybridized carbons (Fsp3) is 1.00. The monoisotopic (exact) mass is 430 g/mol. The summed E-state index contributed by atoms with van der Waals surface area (Å²) in [6.45, 7) is 0. The number of sulfonamides is 2. The highest BCUT2D eigenvalue weighted by Crippen LogP contribution is 2.52. The molecule has 0 rings (SSSR count). The van der Waals surface area contributed by atoms with E-state index in [0.717, 1.165) is 0 Å². The van der Waals surface area contributed by atoms with Crippen molar-refractivity contribution in [2.45, 2.75) is 28.8 Å². The molecule has 0 bridgehead atoms. The van der Waals surface area contributed by atoms with E-state index >= 15 is 0 Å². The van der Waals surface area contributed by atoms with Gasteiger partial charge in [-0.2, -0.15) is 52.7 Å². The summed E-state index contributed by atoms with van der Waals surface area (Å²) >= 11 is 0. The van der Waals surface area contributed by atoms with E-state index < -0.39 is 48.8 Å². The molecule has 0 aliphatic carbocycles. The molecule has 0 spiro atoms. The fourth-order valence-corrected chi connectivity index (χ4v) is 3.21. The molecular formula is C5F12NO4S2-. The lowest BCUT2D eigenvalue weighted by Gasteiger charge is -2.34. The number of hydrogen-bond acceptors (Lipinski definition) is 4. The number of alkyl halides is 12. The van der Waals surface area contributed by atoms with Crippen LogP contribution in [0.3, 0.4) is 0 Å². The molecule has 0 fully saturated rings. The maximum Gasteiger partial charge on any atom is 0.467 e. The zero-order valence-electron chi connectivity index (χ0n) is 9.93. The molecule has 0 atom stereocenters. The molecular weight excluding hydrogens is 430 g/mol. The van der Waals surface area contributed by atoms with Gasteiger partial charge < -0.3 is 4.13 Å². The van der Waals surface area contributed by atoms with Crippen LogP contribution in [-0.2, 0) is 20.0 Å². The molecule has 0 aliphatic rings. The number of rotatable bonds is 5. The Morgan fingerprint density at radius 3 is 1.04 bits per heavy atom. The highest BCUT2D eigenvalue weighted by atomic mass is 32.3. The summed E-state index contributed by atoms with van der Waals surface area (Å²) in [7, 11) is -15.9. The lowest BCUT2D eigenvalue weighted by molar-refractivity contribution is -0.331. The average Bonchev–Trinajstić information content (AvgIpc) is 2.23. The first-order valence-corrected chi connectivity index (χ1v) is 7.34. The smallest absolute Gasteiger partial charge is 0.425 e. The van der Waals surface area contributed by atoms with Crippen molar-refractivity contribution >= 4 is 20.0 Å². The third-order valence-electron chi connectivity index (χ3n) is 1.90. The first kappa shape index (κ1) is 23.0. The molecule has 0 radical (unpaired) electrons. The summed E-state index contributed by atoms with van der Waals surface area (Å²) in [5.41, 5.74) is 0. The Morgan fingerprint density at radius 1 is 0.500 bits per heavy atom. The molecule has 146 valence electrons. The van der Waals surface area contributed by atoms with Gasteiger partial charge in [-0.25, -0.2) is 16.8 Å². The van der Waals surface area contributed by atoms with Crippen LogP contribution < -0.4 is 0 Å². The summed E-state index contributed by atoms with van der Waals surface area (Å²) in [4.78, 5) is 0. The second-order valence-electron chi connectivity index (χ2n) is 3.63. The SMILES string of the molecule is O=S(=O)([N-]S(=O)(=O)C(F)(F)C(F)(F)C(F)(F)F)C(F)(F)C(F)(F)F. The van der Waals surface area contributed by atoms with Gasteiger partial charge in [0.2, 0.25) is 0 Å². The summed E-state index contributed by atoms with van der Waals surface area (Å²) in [5, 5.41) is -14.7. The van der Waals surface area contributed by atoms with Gasteiger partial charge in [-0.15, -0.1) is 0 Å². The number of halogens is 12. The molecule has 0 aromatic carbocycles. The molecule has 0 aromatic rings. The van der Waals surface area contributed by atoms with E-state index in [1.54, 1.807) is 0 Å². The Morgan fingerprint density at radius 2 is 0.792 bits per heavy atom. The van der Waals surface area contributed by atoms with Gasteiger partial charge in [-0.05, 0) is 0 Å². The lowest BCUT2D eigenvalue weighted by Crippen LogP contribution is -2.56. The van der Waals surface area contributed by atoms with Gasteiger partial charge in [0, 0.05) is 0 Å². The maximum absolute atomic E-state index is 12.7. The highest BCUT2D eigenvalue weighted by Gasteiger charge is 2.77. The van der Waals surface area contributed by atoms with E-state index in [-0.39, 0.29) is 4.13 Å². The van der Waals surface area contributed by atoms with Crippen LogP contribution in [-0.4, -0.2) is 45.6 Å². The van der Waals surface area contributed by atoms with E-state index in [1.165, 1.54) is 0 Å². The average molecular weight is 430 g/mol. The topological polar surface area (TPSA) is 82.4 Å². The van der Waals surface area contributed by atoms with Crippen molar-refractivity contribution in [3.05, 3.63) is 4.13 Å². The third kappa shape index (κ3) is 3.37. The van der Waals surface area contributed by atoms with Gasteiger partial charge >= 0.3 is 28.8 Å². The second kappa shape index (κ2) is 5.51. The molecule has 0 N–H and O–H groups in total. The van der Waals surface area contributed by atoms with Crippen LogP contribution in [0.5, 0.6) is 0 Å². The summed E-state index contributed by atoms with van der Waals surface area (Å²) in [6.07, 6.45) is -14.5. The van der Waals surface area contributed by atoms with E-state index in [0.29, 0.717) is 0 Å². The van der Waals surface area contributed by atoms with Crippen molar-refractivity contribution in [2.24, 2.45) is 0 Å². The molecule has 19 heteroatoms. The molecule has 0 saturated carbocycles. The lowest BCUT2D eigenvalue weighted by atomic mass is 10.3. The van der Waals surface area contributed by atoms with Gasteiger partial charge in [0.15, 0.2) is 20.0 Å². The maximum atomic E-state index is 12.7. The minimum Gasteiger partial charge on any atom is -0.425 e. The molecule has 0 aliphatic heterocycles. The highest BCUT2D eigenvalue weighted by molar-refractivity contribution is 8.13. The summed E-state index contributed by atoms with van der Waals surface area (Å²) in [5.74, 6) is -7.56. The predicted octanol–water partition coefficient (Wildman–Crippen LogP) is 2.97. The van der Waals surface area contributed by atoms with E-state index in [4.69, 9.17) is 0 Å². The first-order chi connectivity index (χ1) is 9.96. The zero-order valence-corrected chi connectivity index (χ0v) is 11.6. The first-order valence-electron chi connectivity index (χ1n) is 4.46. The summed E-state index contributed by atoms with van der Waals surface area (Å²) in [6, 6.07) is 0. The third-order valence-corrected chi connectivity index (χ3v) is 5.25. The van der Waals surface area contributed by atoms with Crippen LogP contribution in [0.25, 0.3) is 4.13 Å². The standard InChI is InChI=1S/C5F12NO4S2/c6-1(7,2(8,9)10)4(14,15)23(19,20)18-24(21,22)5(16,17)3(11,12)13/q-1. The molecule has 0 heterocycles. The van der Waals surface area contributed by atoms with Gasteiger partial charge in [-0.1, -0.05) is 0 Å². The van der Waals surface area contributed by atoms with Crippen LogP contribution in [0.4, 0.5) is 52.7 Å². The molecule has 5 nitrogen and oxygen atoms in total. The quantitative estimate of drug-likeness (QED) is 0.629. The Kier molecular flexibility index (Phi) is 5.29. The van der Waals surface area contributed by atoms with Crippen molar-refractivity contribution < 1.29 is 69.5 Å². The largest absolute Gasteiger partial charge is 0.467 e. The van der Waals surface area contributed by atoms with E-state index in [9.17, 15) is 69.5 Å². The van der Waals surface area contributed by atoms with Crippen LogP contribution >= 0.6 is 0 Å². The van der Waals surface area contributed by atoms with Gasteiger partial charge in [-0.3, -0.25) is 0 Å². The Hall–Kier alpha value is -0.980. The Bertz CT molecular complexity index is 686. The van der Waals surface area contributed by atoms with Crippen molar-refractivity contribution in [1.29, 1.82) is 0 Å². The minimum absolute atomic E-state index is 0.275. The number of nitrogens with zero attached hydrogens (tertiary/aromatic N) is 1. The Labute approximate surface area is 123 Å². The zero-order chi connectivity index (χ0) is 20.2. The summed E-state index contributed by atoms with van der Waals surface area (Å²) < 4.78 is 188. The molecule has 0 amide bonds. The minimum atomic E-state index is -8.05.